The molecule has 0 amide bonds. The largest absolute Gasteiger partial charge is 0.394 e. The van der Waals surface area contributed by atoms with Gasteiger partial charge in [0.2, 0.25) is 0 Å². The van der Waals surface area contributed by atoms with Crippen LogP contribution in [0.1, 0.15) is 45.4 Å². The number of H-pyrrole nitrogens is 1. The number of aromatic amines is 1. The van der Waals surface area contributed by atoms with Gasteiger partial charge < -0.3 is 14.8 Å². The van der Waals surface area contributed by atoms with Gasteiger partial charge >= 0.3 is 5.69 Å². The van der Waals surface area contributed by atoms with Crippen molar-refractivity contribution in [2.24, 2.45) is 7.05 Å². The van der Waals surface area contributed by atoms with Crippen LogP contribution in [0.5, 0.6) is 0 Å². The molecule has 0 aliphatic carbocycles. The lowest BCUT2D eigenvalue weighted by Crippen LogP contribution is -2.29. The molecule has 2 aromatic heterocycles. The Morgan fingerprint density at radius 3 is 2.58 bits per heavy atom. The molecule has 2 rings (SSSR count). The third-order valence-corrected chi connectivity index (χ3v) is 5.44. The zero-order chi connectivity index (χ0) is 19.1. The Kier molecular flexibility index (Phi) is 7.92. The summed E-state index contributed by atoms with van der Waals surface area (Å²) in [6, 6.07) is 0. The molecule has 3 N–H and O–H groups in total. The summed E-state index contributed by atoms with van der Waals surface area (Å²) in [5.74, 6) is 0.266. The van der Waals surface area contributed by atoms with Gasteiger partial charge in [0.1, 0.15) is 0 Å². The second-order valence-corrected chi connectivity index (χ2v) is 7.44. The third kappa shape index (κ3) is 4.99. The van der Waals surface area contributed by atoms with Crippen molar-refractivity contribution in [3.63, 3.8) is 0 Å². The predicted octanol–water partition coefficient (Wildman–Crippen LogP) is 1.23. The maximum Gasteiger partial charge on any atom is 0.329 e. The molecule has 0 fully saturated rings. The molecular weight excluding hydrogens is 356 g/mol. The lowest BCUT2D eigenvalue weighted by atomic mass is 10.1. The van der Waals surface area contributed by atoms with Crippen molar-refractivity contribution in [3.8, 4) is 0 Å². The summed E-state index contributed by atoms with van der Waals surface area (Å²) in [5.41, 5.74) is -0.234. The SMILES string of the molecule is CCCCCCCCn1c(SC[C@@H](O)CO)nc2c1c(=O)[nH]c(=O)n2C. The molecule has 8 nitrogen and oxygen atoms in total. The number of unbranched alkanes of at least 4 members (excludes halogenated alkanes) is 5. The van der Waals surface area contributed by atoms with Gasteiger partial charge in [-0.1, -0.05) is 50.8 Å². The van der Waals surface area contributed by atoms with E-state index in [-0.39, 0.29) is 12.4 Å². The van der Waals surface area contributed by atoms with Gasteiger partial charge in [0.05, 0.1) is 12.7 Å². The fourth-order valence-corrected chi connectivity index (χ4v) is 3.74. The van der Waals surface area contributed by atoms with E-state index in [0.29, 0.717) is 22.9 Å². The maximum absolute atomic E-state index is 12.3. The highest BCUT2D eigenvalue weighted by molar-refractivity contribution is 7.99. The first-order chi connectivity index (χ1) is 12.5. The highest BCUT2D eigenvalue weighted by atomic mass is 32.2. The molecule has 9 heteroatoms. The second kappa shape index (κ2) is 9.94. The minimum Gasteiger partial charge on any atom is -0.394 e. The Bertz CT molecular complexity index is 827. The highest BCUT2D eigenvalue weighted by Gasteiger charge is 2.18. The van der Waals surface area contributed by atoms with Crippen LogP contribution in [-0.2, 0) is 13.6 Å². The molecule has 0 spiro atoms. The predicted molar refractivity (Wildman–Crippen MR) is 103 cm³/mol. The monoisotopic (exact) mass is 384 g/mol. The molecule has 146 valence electrons. The van der Waals surface area contributed by atoms with Crippen LogP contribution in [-0.4, -0.2) is 47.8 Å². The average Bonchev–Trinajstić information content (AvgIpc) is 2.99. The van der Waals surface area contributed by atoms with Crippen molar-refractivity contribution in [2.45, 2.75) is 63.3 Å². The van der Waals surface area contributed by atoms with E-state index in [1.165, 1.54) is 35.6 Å². The molecule has 26 heavy (non-hydrogen) atoms. The number of aliphatic hydroxyl groups excluding tert-OH is 2. The zero-order valence-electron chi connectivity index (χ0n) is 15.4. The van der Waals surface area contributed by atoms with E-state index >= 15 is 0 Å². The summed E-state index contributed by atoms with van der Waals surface area (Å²) in [6.45, 7) is 2.48. The van der Waals surface area contributed by atoms with Crippen molar-refractivity contribution in [1.29, 1.82) is 0 Å². The smallest absolute Gasteiger partial charge is 0.329 e. The van der Waals surface area contributed by atoms with Crippen LogP contribution in [0.3, 0.4) is 0 Å². The lowest BCUT2D eigenvalue weighted by molar-refractivity contribution is 0.113. The Hall–Kier alpha value is -1.58. The van der Waals surface area contributed by atoms with E-state index in [2.05, 4.69) is 16.9 Å². The van der Waals surface area contributed by atoms with Crippen molar-refractivity contribution in [3.05, 3.63) is 20.8 Å². The minimum atomic E-state index is -0.857. The molecule has 1 atom stereocenters. The number of imidazole rings is 1. The van der Waals surface area contributed by atoms with Gasteiger partial charge in [-0.15, -0.1) is 0 Å². The van der Waals surface area contributed by atoms with Crippen LogP contribution in [0.25, 0.3) is 11.2 Å². The van der Waals surface area contributed by atoms with Gasteiger partial charge in [0.15, 0.2) is 16.3 Å². The standard InChI is InChI=1S/C17H28N4O4S/c1-3-4-5-6-7-8-9-21-13-14(20(2)16(25)19-15(13)24)18-17(21)26-11-12(23)10-22/h12,22-23H,3-11H2,1-2H3,(H,19,24,25)/t12-/m0/s1. The van der Waals surface area contributed by atoms with E-state index in [0.717, 1.165) is 19.3 Å². The summed E-state index contributed by atoms with van der Waals surface area (Å²) < 4.78 is 3.14. The summed E-state index contributed by atoms with van der Waals surface area (Å²) in [4.78, 5) is 30.9. The summed E-state index contributed by atoms with van der Waals surface area (Å²) in [6.07, 6.45) is 5.91. The third-order valence-electron chi connectivity index (χ3n) is 4.32. The van der Waals surface area contributed by atoms with Crippen LogP contribution < -0.4 is 11.2 Å². The first kappa shape index (κ1) is 20.7. The molecule has 0 aliphatic heterocycles. The zero-order valence-corrected chi connectivity index (χ0v) is 16.2. The van der Waals surface area contributed by atoms with Gasteiger partial charge in [-0.25, -0.2) is 9.78 Å². The van der Waals surface area contributed by atoms with Gasteiger partial charge in [0, 0.05) is 19.3 Å². The molecule has 0 saturated carbocycles. The van der Waals surface area contributed by atoms with E-state index < -0.39 is 17.4 Å². The molecule has 0 bridgehead atoms. The number of aryl methyl sites for hydroxylation is 2. The number of thioether (sulfide) groups is 1. The normalized spacial score (nSPS) is 12.8. The number of nitrogens with one attached hydrogen (secondary N) is 1. The van der Waals surface area contributed by atoms with Crippen molar-refractivity contribution in [2.75, 3.05) is 12.4 Å². The number of nitrogens with zero attached hydrogens (tertiary/aromatic N) is 3. The maximum atomic E-state index is 12.3. The van der Waals surface area contributed by atoms with Crippen LogP contribution in [0.4, 0.5) is 0 Å². The Balaban J connectivity index is 2.26. The van der Waals surface area contributed by atoms with E-state index in [4.69, 9.17) is 5.11 Å². The van der Waals surface area contributed by atoms with Gasteiger partial charge in [-0.2, -0.15) is 0 Å². The Morgan fingerprint density at radius 1 is 1.19 bits per heavy atom. The first-order valence-electron chi connectivity index (χ1n) is 9.10. The van der Waals surface area contributed by atoms with Gasteiger partial charge in [-0.3, -0.25) is 14.3 Å². The van der Waals surface area contributed by atoms with Crippen LogP contribution in [0, 0.1) is 0 Å². The molecule has 2 aromatic rings. The highest BCUT2D eigenvalue weighted by Crippen LogP contribution is 2.23. The van der Waals surface area contributed by atoms with Crippen LogP contribution in [0.2, 0.25) is 0 Å². The van der Waals surface area contributed by atoms with E-state index in [1.54, 1.807) is 7.05 Å². The Labute approximate surface area is 156 Å². The van der Waals surface area contributed by atoms with Crippen molar-refractivity contribution < 1.29 is 10.2 Å². The summed E-state index contributed by atoms with van der Waals surface area (Å²) >= 11 is 1.27. The molecule has 0 unspecified atom stereocenters. The molecule has 0 aromatic carbocycles. The lowest BCUT2D eigenvalue weighted by Gasteiger charge is -2.10. The number of hydrogen-bond donors (Lipinski definition) is 3. The molecular formula is C17H28N4O4S. The Morgan fingerprint density at radius 2 is 1.88 bits per heavy atom. The number of hydrogen-bond acceptors (Lipinski definition) is 6. The molecule has 0 saturated heterocycles. The number of rotatable bonds is 11. The molecule has 2 heterocycles. The van der Waals surface area contributed by atoms with Gasteiger partial charge in [-0.05, 0) is 6.42 Å². The number of aliphatic hydroxyl groups is 2. The number of aromatic nitrogens is 4. The van der Waals surface area contributed by atoms with Crippen LogP contribution in [0.15, 0.2) is 14.7 Å². The van der Waals surface area contributed by atoms with Gasteiger partial charge in [0.25, 0.3) is 5.56 Å². The van der Waals surface area contributed by atoms with E-state index in [9.17, 15) is 14.7 Å². The fraction of sp³-hybridized carbons (Fsp3) is 0.706. The molecule has 0 aliphatic rings. The summed E-state index contributed by atoms with van der Waals surface area (Å²) in [5, 5.41) is 19.2. The summed E-state index contributed by atoms with van der Waals surface area (Å²) in [7, 11) is 1.57. The minimum absolute atomic E-state index is 0.266. The topological polar surface area (TPSA) is 113 Å². The second-order valence-electron chi connectivity index (χ2n) is 6.45. The molecule has 0 radical (unpaired) electrons. The van der Waals surface area contributed by atoms with Crippen LogP contribution >= 0.6 is 11.8 Å². The number of fused-ring (bicyclic) bond motifs is 1. The quantitative estimate of drug-likeness (QED) is 0.397. The van der Waals surface area contributed by atoms with Crippen molar-refractivity contribution >= 4 is 22.9 Å². The fourth-order valence-electron chi connectivity index (χ4n) is 2.81. The van der Waals surface area contributed by atoms with Crippen molar-refractivity contribution in [1.82, 2.24) is 19.1 Å². The average molecular weight is 385 g/mol. The van der Waals surface area contributed by atoms with E-state index in [1.807, 2.05) is 4.57 Å². The first-order valence-corrected chi connectivity index (χ1v) is 10.1.